The number of nitrogens with zero attached hydrogens (tertiary/aromatic N) is 1. The fourth-order valence-electron chi connectivity index (χ4n) is 2.68. The van der Waals surface area contributed by atoms with E-state index in [-0.39, 0.29) is 0 Å². The van der Waals surface area contributed by atoms with Crippen LogP contribution in [-0.2, 0) is 0 Å². The lowest BCUT2D eigenvalue weighted by Gasteiger charge is -2.29. The van der Waals surface area contributed by atoms with Gasteiger partial charge in [-0.05, 0) is 57.4 Å². The molecule has 0 amide bonds. The number of likely N-dealkylation sites (tertiary alicyclic amines) is 1. The fraction of sp³-hybridized carbons (Fsp3) is 0.615. The zero-order valence-corrected chi connectivity index (χ0v) is 11.1. The molecule has 3 heteroatoms. The van der Waals surface area contributed by atoms with E-state index in [1.807, 2.05) is 0 Å². The number of aryl methyl sites for hydroxylation is 1. The van der Waals surface area contributed by atoms with Crippen molar-refractivity contribution in [2.45, 2.75) is 45.7 Å². The van der Waals surface area contributed by atoms with Crippen molar-refractivity contribution in [2.75, 3.05) is 6.54 Å². The minimum absolute atomic E-state index is 0.576. The summed E-state index contributed by atoms with van der Waals surface area (Å²) in [6.45, 7) is 7.94. The Morgan fingerprint density at radius 3 is 2.88 bits per heavy atom. The van der Waals surface area contributed by atoms with Crippen LogP contribution in [0.25, 0.3) is 0 Å². The van der Waals surface area contributed by atoms with Gasteiger partial charge in [0.15, 0.2) is 0 Å². The van der Waals surface area contributed by atoms with Gasteiger partial charge in [-0.15, -0.1) is 0 Å². The van der Waals surface area contributed by atoms with Gasteiger partial charge in [0, 0.05) is 18.3 Å². The average Bonchev–Trinajstić information content (AvgIpc) is 2.66. The highest BCUT2D eigenvalue weighted by Gasteiger charge is 2.28. The van der Waals surface area contributed by atoms with Crippen molar-refractivity contribution >= 4 is 12.2 Å². The van der Waals surface area contributed by atoms with Crippen LogP contribution in [0.1, 0.15) is 43.9 Å². The summed E-state index contributed by atoms with van der Waals surface area (Å²) >= 11 is 5.15. The quantitative estimate of drug-likeness (QED) is 0.791. The molecule has 2 nitrogen and oxygen atoms in total. The van der Waals surface area contributed by atoms with Crippen molar-refractivity contribution < 1.29 is 0 Å². The van der Waals surface area contributed by atoms with E-state index in [1.54, 1.807) is 0 Å². The number of rotatable bonds is 2. The molecule has 16 heavy (non-hydrogen) atoms. The third-order valence-corrected chi connectivity index (χ3v) is 3.73. The molecule has 1 aromatic rings. The van der Waals surface area contributed by atoms with Gasteiger partial charge in [0.2, 0.25) is 0 Å². The summed E-state index contributed by atoms with van der Waals surface area (Å²) in [5.74, 6) is 0. The van der Waals surface area contributed by atoms with Crippen LogP contribution < -0.4 is 0 Å². The van der Waals surface area contributed by atoms with Gasteiger partial charge in [-0.25, -0.2) is 0 Å². The third-order valence-electron chi connectivity index (χ3n) is 3.49. The van der Waals surface area contributed by atoms with Crippen LogP contribution in [0.3, 0.4) is 0 Å². The van der Waals surface area contributed by atoms with Crippen LogP contribution in [0.15, 0.2) is 12.3 Å². The van der Waals surface area contributed by atoms with Gasteiger partial charge in [0.05, 0.1) is 0 Å². The first kappa shape index (κ1) is 11.8. The van der Waals surface area contributed by atoms with Crippen molar-refractivity contribution in [1.29, 1.82) is 0 Å². The molecule has 0 bridgehead atoms. The number of aromatic amines is 1. The van der Waals surface area contributed by atoms with Gasteiger partial charge in [-0.1, -0.05) is 12.2 Å². The largest absolute Gasteiger partial charge is 0.353 e. The number of aromatic nitrogens is 1. The molecule has 1 aliphatic rings. The molecule has 0 saturated carbocycles. The van der Waals surface area contributed by atoms with Crippen LogP contribution in [0.4, 0.5) is 0 Å². The topological polar surface area (TPSA) is 19.0 Å². The summed E-state index contributed by atoms with van der Waals surface area (Å²) < 4.78 is 0.829. The van der Waals surface area contributed by atoms with Gasteiger partial charge in [-0.2, -0.15) is 0 Å². The molecule has 1 saturated heterocycles. The Kier molecular flexibility index (Phi) is 3.45. The number of hydrogen-bond donors (Lipinski definition) is 1. The zero-order valence-electron chi connectivity index (χ0n) is 10.3. The average molecular weight is 236 g/mol. The van der Waals surface area contributed by atoms with E-state index in [4.69, 9.17) is 12.2 Å². The Labute approximate surface area is 103 Å². The van der Waals surface area contributed by atoms with Crippen LogP contribution in [-0.4, -0.2) is 22.5 Å². The van der Waals surface area contributed by atoms with E-state index in [9.17, 15) is 0 Å². The molecule has 0 radical (unpaired) electrons. The monoisotopic (exact) mass is 236 g/mol. The van der Waals surface area contributed by atoms with E-state index in [0.29, 0.717) is 12.1 Å². The summed E-state index contributed by atoms with van der Waals surface area (Å²) in [5, 5.41) is 0. The summed E-state index contributed by atoms with van der Waals surface area (Å²) in [6, 6.07) is 3.27. The molecular weight excluding hydrogens is 216 g/mol. The minimum atomic E-state index is 0.576. The second kappa shape index (κ2) is 4.68. The highest BCUT2D eigenvalue weighted by Crippen LogP contribution is 2.34. The van der Waals surface area contributed by atoms with Gasteiger partial charge in [0.25, 0.3) is 0 Å². The normalized spacial score (nSPS) is 21.9. The lowest BCUT2D eigenvalue weighted by atomic mass is 10.0. The zero-order chi connectivity index (χ0) is 11.7. The molecule has 1 aliphatic heterocycles. The molecule has 2 heterocycles. The second-order valence-electron chi connectivity index (χ2n) is 4.93. The molecule has 88 valence electrons. The first-order valence-electron chi connectivity index (χ1n) is 6.04. The Balaban J connectivity index is 2.33. The Hall–Kier alpha value is -0.670. The van der Waals surface area contributed by atoms with Gasteiger partial charge < -0.3 is 4.98 Å². The maximum atomic E-state index is 5.15. The molecule has 1 unspecified atom stereocenters. The summed E-state index contributed by atoms with van der Waals surface area (Å²) in [4.78, 5) is 5.75. The first-order chi connectivity index (χ1) is 7.59. The molecule has 1 atom stereocenters. The van der Waals surface area contributed by atoms with E-state index in [1.165, 1.54) is 30.5 Å². The summed E-state index contributed by atoms with van der Waals surface area (Å²) in [7, 11) is 0. The predicted molar refractivity (Wildman–Crippen MR) is 70.2 cm³/mol. The van der Waals surface area contributed by atoms with Crippen molar-refractivity contribution in [3.05, 3.63) is 28.0 Å². The van der Waals surface area contributed by atoms with Crippen molar-refractivity contribution in [1.82, 2.24) is 9.88 Å². The van der Waals surface area contributed by atoms with E-state index < -0.39 is 0 Å². The second-order valence-corrected chi connectivity index (χ2v) is 5.37. The highest BCUT2D eigenvalue weighted by atomic mass is 32.1. The number of hydrogen-bond acceptors (Lipinski definition) is 2. The molecule has 1 aromatic heterocycles. The molecule has 2 rings (SSSR count). The number of H-pyrrole nitrogens is 1. The Morgan fingerprint density at radius 1 is 1.50 bits per heavy atom. The van der Waals surface area contributed by atoms with E-state index in [2.05, 4.69) is 42.9 Å². The lowest BCUT2D eigenvalue weighted by molar-refractivity contribution is 0.205. The smallest absolute Gasteiger partial charge is 0.103 e. The minimum Gasteiger partial charge on any atom is -0.353 e. The molecule has 0 spiro atoms. The SMILES string of the molecule is Cc1cc(=S)[nH]cc1C1CCCN1C(C)C. The van der Waals surface area contributed by atoms with Crippen LogP contribution in [0.5, 0.6) is 0 Å². The van der Waals surface area contributed by atoms with Gasteiger partial charge in [0.1, 0.15) is 4.64 Å². The number of nitrogens with one attached hydrogen (secondary N) is 1. The fourth-order valence-corrected chi connectivity index (χ4v) is 2.92. The predicted octanol–water partition coefficient (Wildman–Crippen LogP) is 3.60. The standard InChI is InChI=1S/C13H20N2S/c1-9(2)15-6-4-5-12(15)11-8-14-13(16)7-10(11)3/h7-9,12H,4-6H2,1-3H3,(H,14,16). The van der Waals surface area contributed by atoms with E-state index >= 15 is 0 Å². The molecule has 1 N–H and O–H groups in total. The van der Waals surface area contributed by atoms with Crippen molar-refractivity contribution in [2.24, 2.45) is 0 Å². The van der Waals surface area contributed by atoms with Crippen molar-refractivity contribution in [3.63, 3.8) is 0 Å². The summed E-state index contributed by atoms with van der Waals surface area (Å²) in [6.07, 6.45) is 4.67. The van der Waals surface area contributed by atoms with Gasteiger partial charge in [-0.3, -0.25) is 4.90 Å². The van der Waals surface area contributed by atoms with Crippen LogP contribution in [0, 0.1) is 11.6 Å². The Morgan fingerprint density at radius 2 is 2.25 bits per heavy atom. The van der Waals surface area contributed by atoms with Crippen LogP contribution in [0.2, 0.25) is 0 Å². The van der Waals surface area contributed by atoms with E-state index in [0.717, 1.165) is 4.64 Å². The van der Waals surface area contributed by atoms with Gasteiger partial charge >= 0.3 is 0 Å². The van der Waals surface area contributed by atoms with Crippen LogP contribution >= 0.6 is 12.2 Å². The molecular formula is C13H20N2S. The maximum Gasteiger partial charge on any atom is 0.103 e. The summed E-state index contributed by atoms with van der Waals surface area (Å²) in [5.41, 5.74) is 2.74. The maximum absolute atomic E-state index is 5.15. The third kappa shape index (κ3) is 2.20. The Bertz CT molecular complexity index is 422. The molecule has 0 aliphatic carbocycles. The first-order valence-corrected chi connectivity index (χ1v) is 6.45. The lowest BCUT2D eigenvalue weighted by Crippen LogP contribution is -2.30. The van der Waals surface area contributed by atoms with Crippen molar-refractivity contribution in [3.8, 4) is 0 Å². The highest BCUT2D eigenvalue weighted by molar-refractivity contribution is 7.71. The molecule has 0 aromatic carbocycles. The molecule has 1 fully saturated rings. The number of pyridine rings is 1.